The highest BCUT2D eigenvalue weighted by Gasteiger charge is 2.21. The lowest BCUT2D eigenvalue weighted by molar-refractivity contribution is 0.548. The van der Waals surface area contributed by atoms with Gasteiger partial charge in [-0.2, -0.15) is 29.4 Å². The molecule has 3 aromatic heterocycles. The maximum Gasteiger partial charge on any atom is 0.292 e. The van der Waals surface area contributed by atoms with Gasteiger partial charge in [0.15, 0.2) is 17.9 Å². The molecule has 0 saturated heterocycles. The SMILES string of the molecule is Cc1c(Cn2nnc(N=C(N)N)n2)c(C)c(Cn2nnc(N=C(N)N)n2)c(C)c1Cn1nnc(N=C(N)N)n1. The van der Waals surface area contributed by atoms with Crippen LogP contribution in [-0.4, -0.2) is 78.5 Å². The molecule has 0 atom stereocenters. The summed E-state index contributed by atoms with van der Waals surface area (Å²) >= 11 is 0. The van der Waals surface area contributed by atoms with Crippen LogP contribution in [0.5, 0.6) is 0 Å². The fourth-order valence-corrected chi connectivity index (χ4v) is 3.91. The van der Waals surface area contributed by atoms with Crippen LogP contribution in [0.15, 0.2) is 15.0 Å². The number of tetrazole rings is 3. The largest absolute Gasteiger partial charge is 0.370 e. The van der Waals surface area contributed by atoms with Crippen molar-refractivity contribution in [1.29, 1.82) is 0 Å². The number of guanidine groups is 3. The number of hydrogen-bond acceptors (Lipinski definition) is 12. The van der Waals surface area contributed by atoms with E-state index in [2.05, 4.69) is 61.2 Å². The summed E-state index contributed by atoms with van der Waals surface area (Å²) in [5, 5.41) is 36.5. The summed E-state index contributed by atoms with van der Waals surface area (Å²) in [7, 11) is 0. The molecular weight excluding hydrogens is 510 g/mol. The van der Waals surface area contributed by atoms with Crippen LogP contribution in [0, 0.1) is 20.8 Å². The number of nitrogens with two attached hydrogens (primary N) is 6. The summed E-state index contributed by atoms with van der Waals surface area (Å²) in [4.78, 5) is 15.6. The Balaban J connectivity index is 1.78. The van der Waals surface area contributed by atoms with E-state index in [4.69, 9.17) is 34.4 Å². The van der Waals surface area contributed by atoms with Crippen molar-refractivity contribution in [3.05, 3.63) is 33.4 Å². The van der Waals surface area contributed by atoms with Gasteiger partial charge in [0, 0.05) is 0 Å². The molecule has 1 aromatic carbocycles. The van der Waals surface area contributed by atoms with E-state index in [1.807, 2.05) is 20.8 Å². The summed E-state index contributed by atoms with van der Waals surface area (Å²) in [6, 6.07) is 0. The predicted octanol–water partition coefficient (Wildman–Crippen LogP) is -3.57. The Morgan fingerprint density at radius 1 is 0.513 bits per heavy atom. The number of aliphatic imine (C=N–C) groups is 3. The Morgan fingerprint density at radius 3 is 1.00 bits per heavy atom. The van der Waals surface area contributed by atoms with Crippen LogP contribution in [0.2, 0.25) is 0 Å². The van der Waals surface area contributed by atoms with Crippen LogP contribution in [0.1, 0.15) is 33.4 Å². The molecule has 0 radical (unpaired) electrons. The molecule has 204 valence electrons. The minimum atomic E-state index is -0.178. The Labute approximate surface area is 220 Å². The number of benzene rings is 1. The van der Waals surface area contributed by atoms with Crippen LogP contribution in [0.25, 0.3) is 0 Å². The topological polar surface area (TPSA) is 324 Å². The third-order valence-corrected chi connectivity index (χ3v) is 5.63. The van der Waals surface area contributed by atoms with Gasteiger partial charge in [0.1, 0.15) is 0 Å². The number of hydrogen-bond donors (Lipinski definition) is 6. The predicted molar refractivity (Wildman–Crippen MR) is 138 cm³/mol. The van der Waals surface area contributed by atoms with E-state index in [0.717, 1.165) is 33.4 Å². The number of rotatable bonds is 9. The highest BCUT2D eigenvalue weighted by atomic mass is 15.6. The van der Waals surface area contributed by atoms with Crippen LogP contribution in [-0.2, 0) is 19.6 Å². The van der Waals surface area contributed by atoms with Crippen molar-refractivity contribution in [3.8, 4) is 0 Å². The van der Waals surface area contributed by atoms with Crippen LogP contribution >= 0.6 is 0 Å². The lowest BCUT2D eigenvalue weighted by atomic mass is 9.88. The average Bonchev–Trinajstić information content (AvgIpc) is 3.58. The first-order valence-corrected chi connectivity index (χ1v) is 11.2. The lowest BCUT2D eigenvalue weighted by Crippen LogP contribution is -2.22. The lowest BCUT2D eigenvalue weighted by Gasteiger charge is -2.21. The van der Waals surface area contributed by atoms with Gasteiger partial charge in [0.25, 0.3) is 17.8 Å². The van der Waals surface area contributed by atoms with Gasteiger partial charge in [0.2, 0.25) is 0 Å². The molecule has 0 saturated carbocycles. The van der Waals surface area contributed by atoms with Crippen molar-refractivity contribution in [2.24, 2.45) is 49.4 Å². The van der Waals surface area contributed by atoms with Crippen LogP contribution in [0.4, 0.5) is 17.8 Å². The summed E-state index contributed by atoms with van der Waals surface area (Å²) in [5.74, 6) is -0.420. The second kappa shape index (κ2) is 10.7. The average molecular weight is 538 g/mol. The Morgan fingerprint density at radius 2 is 0.769 bits per heavy atom. The quantitative estimate of drug-likeness (QED) is 0.0887. The zero-order chi connectivity index (χ0) is 28.3. The van der Waals surface area contributed by atoms with Gasteiger partial charge in [0.05, 0.1) is 19.6 Å². The molecule has 0 fully saturated rings. The van der Waals surface area contributed by atoms with Gasteiger partial charge in [-0.15, -0.1) is 15.3 Å². The van der Waals surface area contributed by atoms with Crippen molar-refractivity contribution in [2.75, 3.05) is 0 Å². The molecule has 0 spiro atoms. The zero-order valence-corrected chi connectivity index (χ0v) is 21.3. The minimum absolute atomic E-state index is 0.0380. The molecule has 0 aliphatic carbocycles. The molecule has 0 amide bonds. The number of aromatic nitrogens is 12. The Kier molecular flexibility index (Phi) is 7.21. The summed E-state index contributed by atoms with van der Waals surface area (Å²) in [5.41, 5.74) is 38.1. The molecular formula is C18H27N21. The van der Waals surface area contributed by atoms with E-state index in [1.165, 1.54) is 14.4 Å². The van der Waals surface area contributed by atoms with E-state index in [1.54, 1.807) is 0 Å². The standard InChI is InChI=1S/C18H27N21/c1-7-10(4-37-31-16(28-34-37)25-13(19)20)8(2)12(6-39-33-18(30-36-39)27-15(23)24)9(3)11(7)5-38-32-17(29-35-38)26-14(21)22/h4-6H2,1-3H3,(H4,19,20,25,31)(H4,21,22,26,32)(H4,23,24,27,33). The fraction of sp³-hybridized carbons (Fsp3) is 0.333. The Bertz CT molecular complexity index is 1360. The van der Waals surface area contributed by atoms with Crippen molar-refractivity contribution in [3.63, 3.8) is 0 Å². The summed E-state index contributed by atoms with van der Waals surface area (Å²) in [6.07, 6.45) is 0. The molecule has 12 N–H and O–H groups in total. The van der Waals surface area contributed by atoms with E-state index in [-0.39, 0.29) is 55.4 Å². The highest BCUT2D eigenvalue weighted by molar-refractivity contribution is 5.78. The van der Waals surface area contributed by atoms with Gasteiger partial charge in [-0.05, 0) is 69.8 Å². The molecule has 0 aliphatic rings. The number of nitrogens with zero attached hydrogens (tertiary/aromatic N) is 15. The van der Waals surface area contributed by atoms with Crippen molar-refractivity contribution in [1.82, 2.24) is 60.6 Å². The second-order valence-corrected chi connectivity index (χ2v) is 8.28. The van der Waals surface area contributed by atoms with E-state index >= 15 is 0 Å². The van der Waals surface area contributed by atoms with Gasteiger partial charge in [-0.25, -0.2) is 0 Å². The normalized spacial score (nSPS) is 10.8. The fourth-order valence-electron chi connectivity index (χ4n) is 3.91. The van der Waals surface area contributed by atoms with E-state index < -0.39 is 0 Å². The first-order chi connectivity index (χ1) is 18.5. The van der Waals surface area contributed by atoms with Gasteiger partial charge >= 0.3 is 0 Å². The van der Waals surface area contributed by atoms with Crippen LogP contribution < -0.4 is 34.4 Å². The molecule has 21 heteroatoms. The van der Waals surface area contributed by atoms with E-state index in [0.29, 0.717) is 0 Å². The van der Waals surface area contributed by atoms with Gasteiger partial charge in [-0.1, -0.05) is 15.3 Å². The molecule has 4 rings (SSSR count). The third kappa shape index (κ3) is 6.15. The highest BCUT2D eigenvalue weighted by Crippen LogP contribution is 2.29. The van der Waals surface area contributed by atoms with Crippen molar-refractivity contribution < 1.29 is 0 Å². The molecule has 4 aromatic rings. The first kappa shape index (κ1) is 26.3. The molecule has 39 heavy (non-hydrogen) atoms. The molecule has 21 nitrogen and oxygen atoms in total. The summed E-state index contributed by atoms with van der Waals surface area (Å²) in [6.45, 7) is 6.71. The Hall–Kier alpha value is -5.76. The monoisotopic (exact) mass is 537 g/mol. The van der Waals surface area contributed by atoms with Crippen LogP contribution in [0.3, 0.4) is 0 Å². The molecule has 0 bridgehead atoms. The van der Waals surface area contributed by atoms with Gasteiger partial charge in [-0.3, -0.25) is 0 Å². The van der Waals surface area contributed by atoms with Crippen molar-refractivity contribution >= 4 is 35.7 Å². The zero-order valence-electron chi connectivity index (χ0n) is 21.3. The first-order valence-electron chi connectivity index (χ1n) is 11.2. The molecule has 3 heterocycles. The molecule has 0 unspecified atom stereocenters. The van der Waals surface area contributed by atoms with Gasteiger partial charge < -0.3 is 34.4 Å². The third-order valence-electron chi connectivity index (χ3n) is 5.63. The maximum absolute atomic E-state index is 5.42. The van der Waals surface area contributed by atoms with Crippen molar-refractivity contribution in [2.45, 2.75) is 40.4 Å². The maximum atomic E-state index is 5.42. The summed E-state index contributed by atoms with van der Waals surface area (Å²) < 4.78 is 0. The molecule has 0 aliphatic heterocycles. The van der Waals surface area contributed by atoms with E-state index in [9.17, 15) is 0 Å². The second-order valence-electron chi connectivity index (χ2n) is 8.28. The smallest absolute Gasteiger partial charge is 0.292 e. The minimum Gasteiger partial charge on any atom is -0.370 e.